The summed E-state index contributed by atoms with van der Waals surface area (Å²) in [4.78, 5) is -0.00393. The van der Waals surface area contributed by atoms with Crippen molar-refractivity contribution in [2.24, 2.45) is 0 Å². The highest BCUT2D eigenvalue weighted by Gasteiger charge is 2.17. The molecule has 3 aromatic rings. The first kappa shape index (κ1) is 15.2. The molecule has 0 aliphatic heterocycles. The van der Waals surface area contributed by atoms with E-state index in [9.17, 15) is 13.0 Å². The van der Waals surface area contributed by atoms with Crippen LogP contribution in [0.1, 0.15) is 5.56 Å². The van der Waals surface area contributed by atoms with Crippen LogP contribution in [0.5, 0.6) is 0 Å². The number of hydrogen-bond acceptors (Lipinski definition) is 2. The molecule has 0 aliphatic rings. The molecule has 0 fully saturated rings. The van der Waals surface area contributed by atoms with Gasteiger partial charge in [-0.05, 0) is 40.8 Å². The number of benzene rings is 3. The summed E-state index contributed by atoms with van der Waals surface area (Å²) in [5, 5.41) is 3.35. The second-order valence-corrected chi connectivity index (χ2v) is 5.97. The van der Waals surface area contributed by atoms with Gasteiger partial charge in [0, 0.05) is 5.39 Å². The average Bonchev–Trinajstić information content (AvgIpc) is 2.34. The summed E-state index contributed by atoms with van der Waals surface area (Å²) in [7, 11) is -4.23. The Morgan fingerprint density at radius 2 is 1.50 bits per heavy atom. The van der Waals surface area contributed by atoms with Gasteiger partial charge in [-0.15, -0.1) is 0 Å². The SMILES string of the molecule is Cc1ccc2cc3ccccc3cc2c1S(=O)(=O)O.[MgH2]. The Bertz CT molecular complexity index is 902. The number of aryl methyl sites for hydroxylation is 1. The Labute approximate surface area is 133 Å². The molecule has 0 amide bonds. The summed E-state index contributed by atoms with van der Waals surface area (Å²) < 4.78 is 32.5. The van der Waals surface area contributed by atoms with Crippen molar-refractivity contribution in [2.75, 3.05) is 0 Å². The maximum absolute atomic E-state index is 11.6. The predicted molar refractivity (Wildman–Crippen MR) is 84.5 cm³/mol. The van der Waals surface area contributed by atoms with Gasteiger partial charge in [-0.3, -0.25) is 4.55 Å². The van der Waals surface area contributed by atoms with E-state index in [1.807, 2.05) is 36.4 Å². The van der Waals surface area contributed by atoms with Gasteiger partial charge < -0.3 is 0 Å². The van der Waals surface area contributed by atoms with Gasteiger partial charge in [-0.25, -0.2) is 0 Å². The van der Waals surface area contributed by atoms with Crippen LogP contribution in [0.15, 0.2) is 53.4 Å². The minimum Gasteiger partial charge on any atom is -0.282 e. The molecule has 5 heteroatoms. The fourth-order valence-corrected chi connectivity index (χ4v) is 3.37. The molecule has 0 radical (unpaired) electrons. The summed E-state index contributed by atoms with van der Waals surface area (Å²) in [6.07, 6.45) is 0. The molecule has 1 N–H and O–H groups in total. The van der Waals surface area contributed by atoms with Crippen LogP contribution in [-0.2, 0) is 10.1 Å². The fourth-order valence-electron chi connectivity index (χ4n) is 2.44. The first-order chi connectivity index (χ1) is 8.97. The molecule has 0 aliphatic carbocycles. The van der Waals surface area contributed by atoms with Crippen LogP contribution in [-0.4, -0.2) is 36.0 Å². The zero-order valence-electron chi connectivity index (χ0n) is 10.3. The number of rotatable bonds is 1. The molecule has 0 saturated carbocycles. The highest BCUT2D eigenvalue weighted by molar-refractivity contribution is 7.86. The van der Waals surface area contributed by atoms with Gasteiger partial charge in [0.2, 0.25) is 0 Å². The van der Waals surface area contributed by atoms with Crippen molar-refractivity contribution in [3.63, 3.8) is 0 Å². The van der Waals surface area contributed by atoms with Crippen molar-refractivity contribution in [3.05, 3.63) is 54.1 Å². The second kappa shape index (κ2) is 5.33. The lowest BCUT2D eigenvalue weighted by atomic mass is 10.0. The van der Waals surface area contributed by atoms with E-state index in [2.05, 4.69) is 0 Å². The van der Waals surface area contributed by atoms with Gasteiger partial charge in [0.15, 0.2) is 0 Å². The third-order valence-corrected chi connectivity index (χ3v) is 4.35. The first-order valence-corrected chi connectivity index (χ1v) is 7.30. The highest BCUT2D eigenvalue weighted by atomic mass is 32.2. The Hall–Kier alpha value is -1.14. The Kier molecular flexibility index (Phi) is 4.06. The minimum absolute atomic E-state index is 0. The van der Waals surface area contributed by atoms with E-state index in [1.165, 1.54) is 0 Å². The molecule has 0 unspecified atom stereocenters. The van der Waals surface area contributed by atoms with Gasteiger partial charge >= 0.3 is 23.1 Å². The summed E-state index contributed by atoms with van der Waals surface area (Å²) in [6.45, 7) is 1.68. The molecule has 0 spiro atoms. The maximum Gasteiger partial charge on any atom is 0.316 e. The molecule has 3 nitrogen and oxygen atoms in total. The number of fused-ring (bicyclic) bond motifs is 2. The molecule has 0 bridgehead atoms. The summed E-state index contributed by atoms with van der Waals surface area (Å²) in [5.41, 5.74) is 0.547. The Morgan fingerprint density at radius 1 is 0.900 bits per heavy atom. The lowest BCUT2D eigenvalue weighted by molar-refractivity contribution is 0.483. The normalized spacial score (nSPS) is 11.5. The summed E-state index contributed by atoms with van der Waals surface area (Å²) in [5.74, 6) is 0. The molecule has 3 rings (SSSR count). The van der Waals surface area contributed by atoms with Gasteiger partial charge in [0.05, 0.1) is 0 Å². The second-order valence-electron chi connectivity index (χ2n) is 4.61. The summed E-state index contributed by atoms with van der Waals surface area (Å²) >= 11 is 0. The standard InChI is InChI=1S/C15H12O3S.Mg.2H/c1-10-6-7-13-8-11-4-2-3-5-12(11)9-14(13)15(10)19(16,17)18;;;/h2-9H,1H3,(H,16,17,18);;;. The van der Waals surface area contributed by atoms with E-state index in [-0.39, 0.29) is 27.9 Å². The third kappa shape index (κ3) is 2.54. The van der Waals surface area contributed by atoms with Crippen molar-refractivity contribution < 1.29 is 13.0 Å². The van der Waals surface area contributed by atoms with Crippen LogP contribution >= 0.6 is 0 Å². The lowest BCUT2D eigenvalue weighted by Gasteiger charge is -2.09. The zero-order valence-corrected chi connectivity index (χ0v) is 11.1. The topological polar surface area (TPSA) is 54.4 Å². The molecule has 3 aromatic carbocycles. The van der Waals surface area contributed by atoms with E-state index in [0.29, 0.717) is 10.9 Å². The van der Waals surface area contributed by atoms with Crippen LogP contribution in [0.25, 0.3) is 21.5 Å². The van der Waals surface area contributed by atoms with Crippen molar-refractivity contribution >= 4 is 54.7 Å². The van der Waals surface area contributed by atoms with Crippen LogP contribution in [0.2, 0.25) is 0 Å². The number of hydrogen-bond donors (Lipinski definition) is 1. The van der Waals surface area contributed by atoms with Gasteiger partial charge in [-0.1, -0.05) is 36.4 Å². The highest BCUT2D eigenvalue weighted by Crippen LogP contribution is 2.30. The van der Waals surface area contributed by atoms with E-state index < -0.39 is 10.1 Å². The third-order valence-electron chi connectivity index (χ3n) is 3.29. The monoisotopic (exact) mass is 298 g/mol. The van der Waals surface area contributed by atoms with E-state index in [1.54, 1.807) is 19.1 Å². The molecule has 0 aromatic heterocycles. The van der Waals surface area contributed by atoms with Crippen molar-refractivity contribution in [1.82, 2.24) is 0 Å². The van der Waals surface area contributed by atoms with Gasteiger partial charge in [0.1, 0.15) is 4.90 Å². The minimum atomic E-state index is -4.23. The fraction of sp³-hybridized carbons (Fsp3) is 0.0667. The van der Waals surface area contributed by atoms with Crippen molar-refractivity contribution in [1.29, 1.82) is 0 Å². The van der Waals surface area contributed by atoms with E-state index in [0.717, 1.165) is 16.2 Å². The maximum atomic E-state index is 11.6. The largest absolute Gasteiger partial charge is 0.316 e. The molecule has 0 heterocycles. The molecular weight excluding hydrogens is 285 g/mol. The van der Waals surface area contributed by atoms with E-state index >= 15 is 0 Å². The van der Waals surface area contributed by atoms with Crippen LogP contribution in [0.3, 0.4) is 0 Å². The quantitative estimate of drug-likeness (QED) is 0.427. The molecule has 20 heavy (non-hydrogen) atoms. The molecular formula is C15H14MgO3S. The van der Waals surface area contributed by atoms with Gasteiger partial charge in [-0.2, -0.15) is 8.42 Å². The Balaban J connectivity index is 0.00000147. The van der Waals surface area contributed by atoms with Crippen molar-refractivity contribution in [3.8, 4) is 0 Å². The smallest absolute Gasteiger partial charge is 0.282 e. The van der Waals surface area contributed by atoms with E-state index in [4.69, 9.17) is 0 Å². The van der Waals surface area contributed by atoms with Crippen LogP contribution in [0.4, 0.5) is 0 Å². The van der Waals surface area contributed by atoms with Gasteiger partial charge in [0.25, 0.3) is 10.1 Å². The van der Waals surface area contributed by atoms with Crippen LogP contribution < -0.4 is 0 Å². The first-order valence-electron chi connectivity index (χ1n) is 5.86. The zero-order chi connectivity index (χ0) is 13.6. The van der Waals surface area contributed by atoms with Crippen LogP contribution in [0, 0.1) is 6.92 Å². The molecule has 100 valence electrons. The Morgan fingerprint density at radius 3 is 2.10 bits per heavy atom. The summed E-state index contributed by atoms with van der Waals surface area (Å²) in [6, 6.07) is 15.0. The predicted octanol–water partition coefficient (Wildman–Crippen LogP) is 2.63. The lowest BCUT2D eigenvalue weighted by Crippen LogP contribution is -2.02. The average molecular weight is 299 g/mol. The van der Waals surface area contributed by atoms with Crippen molar-refractivity contribution in [2.45, 2.75) is 11.8 Å². The molecule has 0 atom stereocenters. The molecule has 0 saturated heterocycles.